The van der Waals surface area contributed by atoms with Crippen LogP contribution in [0.3, 0.4) is 0 Å². The first-order valence-corrected chi connectivity index (χ1v) is 8.64. The van der Waals surface area contributed by atoms with E-state index in [2.05, 4.69) is 26.1 Å². The Bertz CT molecular complexity index is 632. The molecule has 5 heteroatoms. The first kappa shape index (κ1) is 14.3. The van der Waals surface area contributed by atoms with Gasteiger partial charge in [0.15, 0.2) is 0 Å². The lowest BCUT2D eigenvalue weighted by Gasteiger charge is -2.30. The second-order valence-corrected chi connectivity index (χ2v) is 7.25. The van der Waals surface area contributed by atoms with Gasteiger partial charge in [0.1, 0.15) is 12.4 Å². The third kappa shape index (κ3) is 2.68. The lowest BCUT2D eigenvalue weighted by molar-refractivity contribution is 0.0909. The predicted octanol–water partition coefficient (Wildman–Crippen LogP) is 2.64. The van der Waals surface area contributed by atoms with Gasteiger partial charge >= 0.3 is 0 Å². The summed E-state index contributed by atoms with van der Waals surface area (Å²) >= 11 is 3.52. The van der Waals surface area contributed by atoms with Crippen molar-refractivity contribution in [2.45, 2.75) is 18.9 Å². The molecule has 1 aromatic rings. The molecule has 1 amide bonds. The zero-order chi connectivity index (χ0) is 15.1. The molecule has 0 aromatic heterocycles. The van der Waals surface area contributed by atoms with Gasteiger partial charge in [0.05, 0.1) is 0 Å². The van der Waals surface area contributed by atoms with Gasteiger partial charge in [-0.05, 0) is 49.6 Å². The maximum atomic E-state index is 12.5. The summed E-state index contributed by atoms with van der Waals surface area (Å²) in [7, 11) is 0. The number of hydrogen-bond acceptors (Lipinski definition) is 3. The predicted molar refractivity (Wildman–Crippen MR) is 89.3 cm³/mol. The first-order valence-electron chi connectivity index (χ1n) is 7.85. The van der Waals surface area contributed by atoms with Crippen molar-refractivity contribution < 1.29 is 9.53 Å². The fourth-order valence-corrected chi connectivity index (χ4v) is 4.19. The third-order valence-electron chi connectivity index (χ3n) is 4.80. The number of ether oxygens (including phenoxy) is 1. The highest BCUT2D eigenvalue weighted by Gasteiger charge is 2.33. The van der Waals surface area contributed by atoms with Crippen LogP contribution in [0.5, 0.6) is 5.75 Å². The number of piperidine rings is 1. The van der Waals surface area contributed by atoms with Gasteiger partial charge in [-0.15, -0.1) is 0 Å². The van der Waals surface area contributed by atoms with E-state index in [0.717, 1.165) is 34.7 Å². The number of benzene rings is 1. The second kappa shape index (κ2) is 5.70. The lowest BCUT2D eigenvalue weighted by atomic mass is 9.96. The number of carbonyl (C=O) groups is 1. The van der Waals surface area contributed by atoms with E-state index < -0.39 is 0 Å². The third-order valence-corrected chi connectivity index (χ3v) is 5.56. The summed E-state index contributed by atoms with van der Waals surface area (Å²) in [4.78, 5) is 15.0. The molecule has 2 fully saturated rings. The van der Waals surface area contributed by atoms with Crippen molar-refractivity contribution in [2.24, 2.45) is 5.92 Å². The molecule has 3 heterocycles. The summed E-state index contributed by atoms with van der Waals surface area (Å²) in [5.74, 6) is 1.53. The molecule has 0 radical (unpaired) electrons. The normalized spacial score (nSPS) is 29.3. The summed E-state index contributed by atoms with van der Waals surface area (Å²) in [5.41, 5.74) is 1.68. The van der Waals surface area contributed by atoms with Crippen LogP contribution in [0.25, 0.3) is 4.48 Å². The quantitative estimate of drug-likeness (QED) is 0.879. The number of carbonyl (C=O) groups excluding carboxylic acids is 1. The van der Waals surface area contributed by atoms with Crippen LogP contribution in [0.15, 0.2) is 24.3 Å². The monoisotopic (exact) mass is 362 g/mol. The molecular weight excluding hydrogens is 344 g/mol. The van der Waals surface area contributed by atoms with Crippen LogP contribution in [-0.2, 0) is 0 Å². The fraction of sp³-hybridized carbons (Fsp3) is 0.471. The number of amides is 1. The zero-order valence-corrected chi connectivity index (χ0v) is 13.9. The second-order valence-electron chi connectivity index (χ2n) is 6.39. The summed E-state index contributed by atoms with van der Waals surface area (Å²) in [5, 5.41) is 3.19. The Balaban J connectivity index is 1.48. The van der Waals surface area contributed by atoms with E-state index in [-0.39, 0.29) is 11.9 Å². The molecule has 2 saturated heterocycles. The molecule has 2 bridgehead atoms. The van der Waals surface area contributed by atoms with Crippen LogP contribution < -0.4 is 10.1 Å². The molecule has 1 aromatic carbocycles. The van der Waals surface area contributed by atoms with Crippen molar-refractivity contribution in [3.63, 3.8) is 0 Å². The summed E-state index contributed by atoms with van der Waals surface area (Å²) < 4.78 is 6.65. The molecule has 0 aliphatic carbocycles. The van der Waals surface area contributed by atoms with Crippen molar-refractivity contribution in [3.05, 3.63) is 35.4 Å². The molecule has 4 rings (SSSR count). The van der Waals surface area contributed by atoms with Crippen molar-refractivity contribution in [1.29, 1.82) is 0 Å². The molecule has 116 valence electrons. The molecule has 22 heavy (non-hydrogen) atoms. The van der Waals surface area contributed by atoms with Crippen molar-refractivity contribution in [1.82, 2.24) is 10.2 Å². The van der Waals surface area contributed by atoms with Crippen LogP contribution in [0, 0.1) is 5.92 Å². The Morgan fingerprint density at radius 3 is 3.14 bits per heavy atom. The van der Waals surface area contributed by atoms with E-state index in [0.29, 0.717) is 12.2 Å². The Hall–Kier alpha value is -1.33. The lowest BCUT2D eigenvalue weighted by Crippen LogP contribution is -2.47. The Labute approximate surface area is 138 Å². The average Bonchev–Trinajstić information content (AvgIpc) is 2.86. The van der Waals surface area contributed by atoms with Crippen LogP contribution >= 0.6 is 15.9 Å². The fourth-order valence-electron chi connectivity index (χ4n) is 3.73. The number of fused-ring (bicyclic) bond motifs is 3. The van der Waals surface area contributed by atoms with Gasteiger partial charge < -0.3 is 15.0 Å². The van der Waals surface area contributed by atoms with E-state index in [9.17, 15) is 4.79 Å². The first-order chi connectivity index (χ1) is 10.7. The van der Waals surface area contributed by atoms with E-state index >= 15 is 0 Å². The number of nitrogens with zero attached hydrogens (tertiary/aromatic N) is 1. The van der Waals surface area contributed by atoms with Gasteiger partial charge in [-0.2, -0.15) is 0 Å². The molecule has 1 N–H and O–H groups in total. The largest absolute Gasteiger partial charge is 0.489 e. The molecular formula is C17H19BrN2O2. The van der Waals surface area contributed by atoms with E-state index in [1.165, 1.54) is 19.5 Å². The van der Waals surface area contributed by atoms with Gasteiger partial charge in [-0.3, -0.25) is 4.79 Å². The van der Waals surface area contributed by atoms with Gasteiger partial charge in [-0.25, -0.2) is 0 Å². The topological polar surface area (TPSA) is 41.6 Å². The summed E-state index contributed by atoms with van der Waals surface area (Å²) in [6, 6.07) is 5.93. The molecule has 0 saturated carbocycles. The minimum absolute atomic E-state index is 0.00424. The molecule has 3 aliphatic rings. The van der Waals surface area contributed by atoms with E-state index in [1.54, 1.807) is 0 Å². The zero-order valence-electron chi connectivity index (χ0n) is 12.3. The highest BCUT2D eigenvalue weighted by Crippen LogP contribution is 2.34. The van der Waals surface area contributed by atoms with E-state index in [1.807, 2.05) is 24.3 Å². The standard InChI is InChI=1S/C17H19BrN2O2/c18-15-4-6-22-16-8-12(1-2-14(15)16)17(21)19-13-7-11-3-5-20(9-11)10-13/h1-2,4,8,11,13H,3,5-7,9-10H2,(H,19,21)/t11-,13-/m1/s1. The van der Waals surface area contributed by atoms with Gasteiger partial charge in [0.2, 0.25) is 0 Å². The molecule has 3 aliphatic heterocycles. The summed E-state index contributed by atoms with van der Waals surface area (Å²) in [6.45, 7) is 3.92. The van der Waals surface area contributed by atoms with Gasteiger partial charge in [0.25, 0.3) is 5.91 Å². The Morgan fingerprint density at radius 2 is 2.27 bits per heavy atom. The van der Waals surface area contributed by atoms with Gasteiger partial charge in [-0.1, -0.05) is 15.9 Å². The SMILES string of the molecule is O=C(N[C@@H]1C[C@H]2CCN(C2)C1)c1ccc2c(c1)OCC=C2Br. The van der Waals surface area contributed by atoms with Crippen molar-refractivity contribution in [3.8, 4) is 5.75 Å². The van der Waals surface area contributed by atoms with E-state index in [4.69, 9.17) is 4.74 Å². The summed E-state index contributed by atoms with van der Waals surface area (Å²) in [6.07, 6.45) is 4.37. The van der Waals surface area contributed by atoms with Crippen LogP contribution in [0.4, 0.5) is 0 Å². The Kier molecular flexibility index (Phi) is 3.70. The minimum Gasteiger partial charge on any atom is -0.489 e. The molecule has 4 nitrogen and oxygen atoms in total. The van der Waals surface area contributed by atoms with Crippen molar-refractivity contribution >= 4 is 26.3 Å². The van der Waals surface area contributed by atoms with Crippen LogP contribution in [0.1, 0.15) is 28.8 Å². The number of halogens is 1. The minimum atomic E-state index is 0.00424. The van der Waals surface area contributed by atoms with Crippen LogP contribution in [0.2, 0.25) is 0 Å². The van der Waals surface area contributed by atoms with Gasteiger partial charge in [0, 0.05) is 34.7 Å². The number of nitrogens with one attached hydrogen (secondary N) is 1. The highest BCUT2D eigenvalue weighted by atomic mass is 79.9. The molecule has 3 atom stereocenters. The number of hydrogen-bond donors (Lipinski definition) is 1. The molecule has 1 unspecified atom stereocenters. The average molecular weight is 363 g/mol. The maximum absolute atomic E-state index is 12.5. The smallest absolute Gasteiger partial charge is 0.251 e. The molecule has 0 spiro atoms. The van der Waals surface area contributed by atoms with Crippen LogP contribution in [-0.4, -0.2) is 43.1 Å². The Morgan fingerprint density at radius 1 is 1.36 bits per heavy atom. The van der Waals surface area contributed by atoms with Crippen molar-refractivity contribution in [2.75, 3.05) is 26.2 Å². The highest BCUT2D eigenvalue weighted by molar-refractivity contribution is 9.15. The number of rotatable bonds is 2. The maximum Gasteiger partial charge on any atom is 0.251 e.